The van der Waals surface area contributed by atoms with Crippen LogP contribution >= 0.6 is 0 Å². The van der Waals surface area contributed by atoms with Gasteiger partial charge in [-0.1, -0.05) is 38.8 Å². The molecule has 0 bridgehead atoms. The minimum Gasteiger partial charge on any atom is -0.329 e. The van der Waals surface area contributed by atoms with Crippen molar-refractivity contribution in [2.75, 3.05) is 13.6 Å². The summed E-state index contributed by atoms with van der Waals surface area (Å²) in [5, 5.41) is 0. The van der Waals surface area contributed by atoms with Gasteiger partial charge in [0, 0.05) is 18.6 Å². The molecule has 0 aliphatic heterocycles. The molecule has 0 radical (unpaired) electrons. The molecule has 0 heterocycles. The Morgan fingerprint density at radius 2 is 2.19 bits per heavy atom. The quantitative estimate of drug-likeness (QED) is 0.894. The van der Waals surface area contributed by atoms with Crippen molar-refractivity contribution in [1.82, 2.24) is 4.90 Å². The maximum atomic E-state index is 13.4. The lowest BCUT2D eigenvalue weighted by molar-refractivity contribution is 0.0395. The summed E-state index contributed by atoms with van der Waals surface area (Å²) in [5.41, 5.74) is 7.26. The molecule has 0 amide bonds. The number of hydrogen-bond donors (Lipinski definition) is 1. The van der Waals surface area contributed by atoms with Crippen LogP contribution in [0.5, 0.6) is 0 Å². The van der Waals surface area contributed by atoms with Crippen molar-refractivity contribution in [1.29, 1.82) is 0 Å². The molecule has 2 atom stereocenters. The van der Waals surface area contributed by atoms with Crippen LogP contribution in [0, 0.1) is 17.7 Å². The van der Waals surface area contributed by atoms with Gasteiger partial charge in [0.15, 0.2) is 0 Å². The number of halogens is 1. The van der Waals surface area contributed by atoms with Gasteiger partial charge < -0.3 is 5.73 Å². The molecule has 1 saturated carbocycles. The zero-order chi connectivity index (χ0) is 15.5. The zero-order valence-corrected chi connectivity index (χ0v) is 13.6. The lowest BCUT2D eigenvalue weighted by Crippen LogP contribution is -2.54. The fourth-order valence-corrected chi connectivity index (χ4v) is 3.72. The molecular formula is C18H29FN2. The molecule has 0 saturated heterocycles. The van der Waals surface area contributed by atoms with Gasteiger partial charge in [0.05, 0.1) is 0 Å². The first kappa shape index (κ1) is 16.4. The Balaban J connectivity index is 2.11. The van der Waals surface area contributed by atoms with E-state index in [1.165, 1.54) is 18.9 Å². The predicted molar refractivity (Wildman–Crippen MR) is 86.4 cm³/mol. The summed E-state index contributed by atoms with van der Waals surface area (Å²) in [4.78, 5) is 2.36. The van der Waals surface area contributed by atoms with E-state index in [0.29, 0.717) is 12.5 Å². The predicted octanol–water partition coefficient (Wildman–Crippen LogP) is 3.80. The normalized spacial score (nSPS) is 26.5. The van der Waals surface area contributed by atoms with Crippen molar-refractivity contribution in [3.63, 3.8) is 0 Å². The fourth-order valence-electron chi connectivity index (χ4n) is 3.72. The molecule has 2 rings (SSSR count). The van der Waals surface area contributed by atoms with E-state index in [1.54, 1.807) is 12.1 Å². The summed E-state index contributed by atoms with van der Waals surface area (Å²) < 4.78 is 13.4. The summed E-state index contributed by atoms with van der Waals surface area (Å²) in [6.07, 6.45) is 4.87. The van der Waals surface area contributed by atoms with E-state index in [9.17, 15) is 4.39 Å². The second-order valence-electron chi connectivity index (χ2n) is 7.01. The molecule has 1 aliphatic rings. The number of hydrogen-bond acceptors (Lipinski definition) is 2. The summed E-state index contributed by atoms with van der Waals surface area (Å²) in [5.74, 6) is 1.29. The Bertz CT molecular complexity index is 460. The van der Waals surface area contributed by atoms with Gasteiger partial charge in [-0.15, -0.1) is 0 Å². The molecule has 1 aromatic rings. The molecule has 1 fully saturated rings. The van der Waals surface area contributed by atoms with Crippen LogP contribution in [0.3, 0.4) is 0 Å². The highest BCUT2D eigenvalue weighted by molar-refractivity contribution is 5.16. The van der Waals surface area contributed by atoms with Crippen LogP contribution in [-0.2, 0) is 6.54 Å². The smallest absolute Gasteiger partial charge is 0.123 e. The van der Waals surface area contributed by atoms with Crippen LogP contribution in [0.1, 0.15) is 45.1 Å². The van der Waals surface area contributed by atoms with Gasteiger partial charge in [0.1, 0.15) is 5.82 Å². The van der Waals surface area contributed by atoms with E-state index < -0.39 is 0 Å². The summed E-state index contributed by atoms with van der Waals surface area (Å²) in [6.45, 7) is 6.06. The summed E-state index contributed by atoms with van der Waals surface area (Å²) >= 11 is 0. The average Bonchev–Trinajstić information content (AvgIpc) is 2.47. The van der Waals surface area contributed by atoms with Crippen LogP contribution in [-0.4, -0.2) is 24.0 Å². The van der Waals surface area contributed by atoms with Crippen molar-refractivity contribution in [2.45, 2.75) is 51.6 Å². The second kappa shape index (κ2) is 6.89. The lowest BCUT2D eigenvalue weighted by atomic mass is 9.71. The Morgan fingerprint density at radius 3 is 2.81 bits per heavy atom. The number of rotatable bonds is 5. The maximum Gasteiger partial charge on any atom is 0.123 e. The van der Waals surface area contributed by atoms with Gasteiger partial charge in [0.25, 0.3) is 0 Å². The van der Waals surface area contributed by atoms with Gasteiger partial charge >= 0.3 is 0 Å². The standard InChI is InChI=1S/C18H29FN2/c1-14(2)16-7-5-9-18(11-16,13-20)21(3)12-15-6-4-8-17(19)10-15/h4,6,8,10,14,16H,5,7,9,11-13,20H2,1-3H3. The largest absolute Gasteiger partial charge is 0.329 e. The van der Waals surface area contributed by atoms with E-state index in [-0.39, 0.29) is 11.4 Å². The van der Waals surface area contributed by atoms with Gasteiger partial charge in [-0.05, 0) is 49.4 Å². The molecule has 0 spiro atoms. The van der Waals surface area contributed by atoms with Crippen molar-refractivity contribution >= 4 is 0 Å². The third-order valence-corrected chi connectivity index (χ3v) is 5.30. The van der Waals surface area contributed by atoms with Crippen LogP contribution in [0.2, 0.25) is 0 Å². The van der Waals surface area contributed by atoms with Crippen molar-refractivity contribution in [3.05, 3.63) is 35.6 Å². The van der Waals surface area contributed by atoms with Gasteiger partial charge in [-0.2, -0.15) is 0 Å². The van der Waals surface area contributed by atoms with Crippen LogP contribution in [0.25, 0.3) is 0 Å². The Labute approximate surface area is 128 Å². The van der Waals surface area contributed by atoms with Crippen molar-refractivity contribution in [2.24, 2.45) is 17.6 Å². The fraction of sp³-hybridized carbons (Fsp3) is 0.667. The van der Waals surface area contributed by atoms with E-state index in [0.717, 1.165) is 30.9 Å². The second-order valence-corrected chi connectivity index (χ2v) is 7.01. The minimum atomic E-state index is -0.161. The SMILES string of the molecule is CC(C)C1CCCC(CN)(N(C)Cc2cccc(F)c2)C1. The zero-order valence-electron chi connectivity index (χ0n) is 13.6. The summed E-state index contributed by atoms with van der Waals surface area (Å²) in [7, 11) is 2.14. The highest BCUT2D eigenvalue weighted by Gasteiger charge is 2.39. The molecule has 0 aromatic heterocycles. The first-order valence-corrected chi connectivity index (χ1v) is 8.12. The third-order valence-electron chi connectivity index (χ3n) is 5.30. The molecule has 3 heteroatoms. The molecule has 2 N–H and O–H groups in total. The third kappa shape index (κ3) is 3.83. The number of nitrogens with zero attached hydrogens (tertiary/aromatic N) is 1. The van der Waals surface area contributed by atoms with Gasteiger partial charge in [0.2, 0.25) is 0 Å². The number of likely N-dealkylation sites (N-methyl/N-ethyl adjacent to an activating group) is 1. The highest BCUT2D eigenvalue weighted by Crippen LogP contribution is 2.39. The molecule has 1 aliphatic carbocycles. The highest BCUT2D eigenvalue weighted by atomic mass is 19.1. The average molecular weight is 292 g/mol. The van der Waals surface area contributed by atoms with Crippen LogP contribution < -0.4 is 5.73 Å². The topological polar surface area (TPSA) is 29.3 Å². The van der Waals surface area contributed by atoms with Crippen molar-refractivity contribution < 1.29 is 4.39 Å². The van der Waals surface area contributed by atoms with E-state index in [4.69, 9.17) is 5.73 Å². The molecule has 2 unspecified atom stereocenters. The van der Waals surface area contributed by atoms with Gasteiger partial charge in [-0.3, -0.25) is 4.90 Å². The summed E-state index contributed by atoms with van der Waals surface area (Å²) in [6, 6.07) is 6.90. The molecule has 1 aromatic carbocycles. The lowest BCUT2D eigenvalue weighted by Gasteiger charge is -2.47. The van der Waals surface area contributed by atoms with Crippen LogP contribution in [0.4, 0.5) is 4.39 Å². The Morgan fingerprint density at radius 1 is 1.43 bits per heavy atom. The monoisotopic (exact) mass is 292 g/mol. The van der Waals surface area contributed by atoms with E-state index >= 15 is 0 Å². The first-order valence-electron chi connectivity index (χ1n) is 8.12. The number of nitrogens with two attached hydrogens (primary N) is 1. The first-order chi connectivity index (χ1) is 9.97. The molecule has 118 valence electrons. The van der Waals surface area contributed by atoms with Gasteiger partial charge in [-0.25, -0.2) is 4.39 Å². The Hall–Kier alpha value is -0.930. The van der Waals surface area contributed by atoms with Crippen molar-refractivity contribution in [3.8, 4) is 0 Å². The van der Waals surface area contributed by atoms with E-state index in [1.807, 2.05) is 6.07 Å². The van der Waals surface area contributed by atoms with Crippen LogP contribution in [0.15, 0.2) is 24.3 Å². The molecule has 21 heavy (non-hydrogen) atoms. The minimum absolute atomic E-state index is 0.0690. The number of benzene rings is 1. The molecule has 2 nitrogen and oxygen atoms in total. The maximum absolute atomic E-state index is 13.4. The Kier molecular flexibility index (Phi) is 5.39. The molecular weight excluding hydrogens is 263 g/mol. The van der Waals surface area contributed by atoms with E-state index in [2.05, 4.69) is 25.8 Å².